The number of carbonyl (C=O) groups is 1. The Hall–Kier alpha value is -2.27. The highest BCUT2D eigenvalue weighted by atomic mass is 79.9. The van der Waals surface area contributed by atoms with Gasteiger partial charge in [0.05, 0.1) is 20.8 Å². The average Bonchev–Trinajstić information content (AvgIpc) is 2.66. The van der Waals surface area contributed by atoms with Crippen molar-refractivity contribution in [3.8, 4) is 17.2 Å². The maximum absolute atomic E-state index is 12.3. The first kappa shape index (κ1) is 19.1. The zero-order valence-electron chi connectivity index (χ0n) is 14.3. The van der Waals surface area contributed by atoms with Gasteiger partial charge in [-0.05, 0) is 61.0 Å². The number of hydrogen-bond acceptors (Lipinski definition) is 4. The van der Waals surface area contributed by atoms with Gasteiger partial charge in [0.25, 0.3) is 0 Å². The molecule has 2 aromatic carbocycles. The molecule has 0 aliphatic carbocycles. The lowest BCUT2D eigenvalue weighted by Crippen LogP contribution is -1.99. The number of benzene rings is 2. The molecule has 5 heteroatoms. The van der Waals surface area contributed by atoms with Gasteiger partial charge in [-0.15, -0.1) is 0 Å². The van der Waals surface area contributed by atoms with E-state index in [0.29, 0.717) is 23.7 Å². The van der Waals surface area contributed by atoms with Crippen molar-refractivity contribution in [2.24, 2.45) is 0 Å². The molecule has 4 nitrogen and oxygen atoms in total. The number of alkyl halides is 1. The van der Waals surface area contributed by atoms with E-state index < -0.39 is 0 Å². The molecule has 0 unspecified atom stereocenters. The van der Waals surface area contributed by atoms with Crippen molar-refractivity contribution >= 4 is 27.8 Å². The Morgan fingerprint density at radius 1 is 1.04 bits per heavy atom. The highest BCUT2D eigenvalue weighted by Crippen LogP contribution is 2.25. The van der Waals surface area contributed by atoms with Crippen LogP contribution in [0.1, 0.15) is 22.3 Å². The van der Waals surface area contributed by atoms with Gasteiger partial charge in [-0.1, -0.05) is 15.9 Å². The van der Waals surface area contributed by atoms with Gasteiger partial charge in [-0.2, -0.15) is 0 Å². The first-order chi connectivity index (χ1) is 12.2. The number of carbonyl (C=O) groups excluding carboxylic acids is 1. The molecule has 0 bridgehead atoms. The molecular formula is C20H21BrO4. The molecule has 2 rings (SSSR count). The Morgan fingerprint density at radius 3 is 2.40 bits per heavy atom. The van der Waals surface area contributed by atoms with Crippen molar-refractivity contribution in [2.75, 3.05) is 26.2 Å². The van der Waals surface area contributed by atoms with Crippen LogP contribution in [0.25, 0.3) is 6.08 Å². The van der Waals surface area contributed by atoms with Crippen molar-refractivity contribution < 1.29 is 19.0 Å². The van der Waals surface area contributed by atoms with Crippen LogP contribution in [-0.2, 0) is 0 Å². The maximum atomic E-state index is 12.3. The van der Waals surface area contributed by atoms with Crippen molar-refractivity contribution in [3.05, 3.63) is 59.7 Å². The lowest BCUT2D eigenvalue weighted by atomic mass is 10.1. The van der Waals surface area contributed by atoms with E-state index in [4.69, 9.17) is 14.2 Å². The van der Waals surface area contributed by atoms with Gasteiger partial charge in [0.2, 0.25) is 0 Å². The minimum atomic E-state index is -0.0862. The van der Waals surface area contributed by atoms with Crippen LogP contribution in [0.3, 0.4) is 0 Å². The van der Waals surface area contributed by atoms with Crippen molar-refractivity contribution in [2.45, 2.75) is 6.42 Å². The second kappa shape index (κ2) is 9.89. The maximum Gasteiger partial charge on any atom is 0.185 e. The van der Waals surface area contributed by atoms with E-state index in [1.54, 1.807) is 44.6 Å². The molecule has 0 aliphatic rings. The van der Waals surface area contributed by atoms with Crippen LogP contribution in [0.5, 0.6) is 17.2 Å². The van der Waals surface area contributed by atoms with Crippen LogP contribution in [0.4, 0.5) is 0 Å². The Balaban J connectivity index is 2.07. The fourth-order valence-corrected chi connectivity index (χ4v) is 2.42. The van der Waals surface area contributed by atoms with Crippen LogP contribution in [0.2, 0.25) is 0 Å². The van der Waals surface area contributed by atoms with Gasteiger partial charge in [-0.3, -0.25) is 4.79 Å². The number of allylic oxidation sites excluding steroid dienone is 1. The summed E-state index contributed by atoms with van der Waals surface area (Å²) in [6.45, 7) is 0.647. The lowest BCUT2D eigenvalue weighted by molar-refractivity contribution is 0.104. The van der Waals surface area contributed by atoms with Crippen molar-refractivity contribution in [1.82, 2.24) is 0 Å². The number of methoxy groups -OCH3 is 2. The molecule has 25 heavy (non-hydrogen) atoms. The third kappa shape index (κ3) is 5.64. The topological polar surface area (TPSA) is 44.8 Å². The van der Waals surface area contributed by atoms with E-state index in [2.05, 4.69) is 15.9 Å². The minimum Gasteiger partial charge on any atom is -0.497 e. The van der Waals surface area contributed by atoms with Gasteiger partial charge in [0.15, 0.2) is 5.78 Å². The number of halogens is 1. The highest BCUT2D eigenvalue weighted by Gasteiger charge is 2.05. The van der Waals surface area contributed by atoms with Crippen LogP contribution >= 0.6 is 15.9 Å². The number of rotatable bonds is 9. The molecule has 2 aromatic rings. The lowest BCUT2D eigenvalue weighted by Gasteiger charge is -2.07. The molecule has 0 atom stereocenters. The van der Waals surface area contributed by atoms with Crippen LogP contribution < -0.4 is 14.2 Å². The summed E-state index contributed by atoms with van der Waals surface area (Å²) in [7, 11) is 3.19. The molecule has 0 aromatic heterocycles. The van der Waals surface area contributed by atoms with Gasteiger partial charge in [0.1, 0.15) is 17.2 Å². The Kier molecular flexibility index (Phi) is 7.54. The molecule has 0 fully saturated rings. The first-order valence-electron chi connectivity index (χ1n) is 7.91. The Labute approximate surface area is 156 Å². The van der Waals surface area contributed by atoms with E-state index in [-0.39, 0.29) is 5.78 Å². The van der Waals surface area contributed by atoms with Crippen molar-refractivity contribution in [3.63, 3.8) is 0 Å². The molecule has 0 aliphatic heterocycles. The molecule has 0 amide bonds. The third-order valence-corrected chi connectivity index (χ3v) is 4.10. The summed E-state index contributed by atoms with van der Waals surface area (Å²) in [6, 6.07) is 12.6. The molecule has 0 saturated carbocycles. The standard InChI is InChI=1S/C20H21BrO4/c1-23-18-9-11-20(24-2)16(14-18)6-10-19(22)15-4-7-17(8-5-15)25-13-3-12-21/h4-11,14H,3,12-13H2,1-2H3/b10-6+. The zero-order chi connectivity index (χ0) is 18.1. The predicted octanol–water partition coefficient (Wildman–Crippen LogP) is 4.76. The zero-order valence-corrected chi connectivity index (χ0v) is 15.9. The fraction of sp³-hybridized carbons (Fsp3) is 0.250. The minimum absolute atomic E-state index is 0.0862. The summed E-state index contributed by atoms with van der Waals surface area (Å²) in [5, 5.41) is 0.905. The Morgan fingerprint density at radius 2 is 1.76 bits per heavy atom. The molecule has 0 spiro atoms. The summed E-state index contributed by atoms with van der Waals surface area (Å²) in [6.07, 6.45) is 4.19. The molecule has 0 saturated heterocycles. The second-order valence-corrected chi connectivity index (χ2v) is 6.01. The average molecular weight is 405 g/mol. The summed E-state index contributed by atoms with van der Waals surface area (Å²) in [5.41, 5.74) is 1.39. The summed E-state index contributed by atoms with van der Waals surface area (Å²) in [5.74, 6) is 2.06. The molecule has 0 radical (unpaired) electrons. The van der Waals surface area contributed by atoms with Crippen LogP contribution in [-0.4, -0.2) is 31.9 Å². The van der Waals surface area contributed by atoms with Gasteiger partial charge in [-0.25, -0.2) is 0 Å². The van der Waals surface area contributed by atoms with E-state index >= 15 is 0 Å². The van der Waals surface area contributed by atoms with Gasteiger partial charge in [0, 0.05) is 16.5 Å². The van der Waals surface area contributed by atoms with Crippen LogP contribution in [0, 0.1) is 0 Å². The SMILES string of the molecule is COc1ccc(OC)c(/C=C/C(=O)c2ccc(OCCCBr)cc2)c1. The first-order valence-corrected chi connectivity index (χ1v) is 9.03. The van der Waals surface area contributed by atoms with E-state index in [0.717, 1.165) is 23.1 Å². The van der Waals surface area contributed by atoms with E-state index in [1.807, 2.05) is 18.2 Å². The smallest absolute Gasteiger partial charge is 0.185 e. The number of ether oxygens (including phenoxy) is 3. The van der Waals surface area contributed by atoms with E-state index in [9.17, 15) is 4.79 Å². The summed E-state index contributed by atoms with van der Waals surface area (Å²) < 4.78 is 16.1. The van der Waals surface area contributed by atoms with Gasteiger partial charge < -0.3 is 14.2 Å². The monoisotopic (exact) mass is 404 g/mol. The normalized spacial score (nSPS) is 10.7. The predicted molar refractivity (Wildman–Crippen MR) is 103 cm³/mol. The molecule has 132 valence electrons. The quantitative estimate of drug-likeness (QED) is 0.261. The molecule has 0 heterocycles. The molecule has 0 N–H and O–H groups in total. The number of ketones is 1. The third-order valence-electron chi connectivity index (χ3n) is 3.54. The largest absolute Gasteiger partial charge is 0.497 e. The molecular weight excluding hydrogens is 384 g/mol. The number of hydrogen-bond donors (Lipinski definition) is 0. The Bertz CT molecular complexity index is 723. The van der Waals surface area contributed by atoms with E-state index in [1.165, 1.54) is 6.08 Å². The highest BCUT2D eigenvalue weighted by molar-refractivity contribution is 9.09. The fourth-order valence-electron chi connectivity index (χ4n) is 2.19. The summed E-state index contributed by atoms with van der Waals surface area (Å²) in [4.78, 5) is 12.3. The van der Waals surface area contributed by atoms with Crippen LogP contribution in [0.15, 0.2) is 48.5 Å². The summed E-state index contributed by atoms with van der Waals surface area (Å²) >= 11 is 3.36. The van der Waals surface area contributed by atoms with Crippen molar-refractivity contribution in [1.29, 1.82) is 0 Å². The van der Waals surface area contributed by atoms with Gasteiger partial charge >= 0.3 is 0 Å². The second-order valence-electron chi connectivity index (χ2n) is 5.22.